The second kappa shape index (κ2) is 19.8. The third kappa shape index (κ3) is 9.57. The molecule has 5 N–H and O–H groups in total. The number of hydrogen-bond donors (Lipinski definition) is 4. The Bertz CT molecular complexity index is 2500. The molecule has 1 unspecified atom stereocenters. The molecule has 0 radical (unpaired) electrons. The number of carbonyl (C=O) groups excluding carboxylic acids is 4. The highest BCUT2D eigenvalue weighted by molar-refractivity contribution is 7.95. The van der Waals surface area contributed by atoms with Crippen LogP contribution in [0.15, 0.2) is 164 Å². The van der Waals surface area contributed by atoms with Crippen LogP contribution in [0.2, 0.25) is 0 Å². The lowest BCUT2D eigenvalue weighted by molar-refractivity contribution is -0.142. The van der Waals surface area contributed by atoms with Gasteiger partial charge in [0.05, 0.1) is 0 Å². The molecule has 0 spiro atoms. The van der Waals surface area contributed by atoms with Gasteiger partial charge < -0.3 is 38.8 Å². The highest BCUT2D eigenvalue weighted by Crippen LogP contribution is 2.59. The minimum atomic E-state index is -3.30. The molecule has 0 saturated carbocycles. The third-order valence-corrected chi connectivity index (χ3v) is 16.0. The number of benzene rings is 6. The molecule has 0 fully saturated rings. The van der Waals surface area contributed by atoms with Gasteiger partial charge in [-0.15, -0.1) is 0 Å². The Kier molecular flexibility index (Phi) is 13.8. The van der Waals surface area contributed by atoms with Crippen molar-refractivity contribution < 1.29 is 33.8 Å². The summed E-state index contributed by atoms with van der Waals surface area (Å²) in [5.41, 5.74) is 11.3. The van der Waals surface area contributed by atoms with E-state index < -0.39 is 55.8 Å². The number of carboxylic acid groups (broad SMARTS) is 1. The summed E-state index contributed by atoms with van der Waals surface area (Å²) >= 11 is 5.88. The van der Waals surface area contributed by atoms with E-state index in [0.29, 0.717) is 16.2 Å². The van der Waals surface area contributed by atoms with Gasteiger partial charge in [0.1, 0.15) is 29.3 Å². The van der Waals surface area contributed by atoms with Crippen LogP contribution in [0.3, 0.4) is 0 Å². The Morgan fingerprint density at radius 2 is 1.13 bits per heavy atom. The van der Waals surface area contributed by atoms with E-state index in [4.69, 9.17) is 23.1 Å². The number of fused-ring (bicyclic) bond motifs is 3. The first-order chi connectivity index (χ1) is 30.1. The molecule has 0 bridgehead atoms. The molecule has 1 aliphatic carbocycles. The fourth-order valence-corrected chi connectivity index (χ4v) is 12.8. The van der Waals surface area contributed by atoms with E-state index in [1.807, 2.05) is 84.9 Å². The molecule has 1 aliphatic rings. The van der Waals surface area contributed by atoms with Crippen molar-refractivity contribution in [3.63, 3.8) is 0 Å². The average molecular weight is 865 g/mol. The zero-order chi connectivity index (χ0) is 43.6. The van der Waals surface area contributed by atoms with Gasteiger partial charge in [0.25, 0.3) is 5.91 Å². The number of ether oxygens (including phenoxy) is 1. The van der Waals surface area contributed by atoms with Gasteiger partial charge in [-0.2, -0.15) is 4.67 Å². The summed E-state index contributed by atoms with van der Waals surface area (Å²) in [4.78, 5) is 68.6. The molecule has 7 rings (SSSR count). The average Bonchev–Trinajstić information content (AvgIpc) is 3.62. The SMILES string of the molecule is NC(=O)c1ccc([P+](C[S-])(c2ccccc2)N(CC(=O)O)C(=O)[C@H](Cc2ccccc2)NC(=O)[C@H](Cc2ccccc2)NC(=O)OCC2c3ccccc3-c3ccccc32)cc1. The summed E-state index contributed by atoms with van der Waals surface area (Å²) in [6.07, 6.45) is -0.778. The number of rotatable bonds is 17. The van der Waals surface area contributed by atoms with E-state index in [0.717, 1.165) is 27.8 Å². The Balaban J connectivity index is 1.22. The van der Waals surface area contributed by atoms with Crippen molar-refractivity contribution in [2.75, 3.05) is 18.6 Å². The van der Waals surface area contributed by atoms with Crippen molar-refractivity contribution in [3.8, 4) is 11.1 Å². The van der Waals surface area contributed by atoms with Crippen molar-refractivity contribution in [3.05, 3.63) is 192 Å². The number of nitrogens with two attached hydrogens (primary N) is 1. The minimum absolute atomic E-state index is 0.0165. The first-order valence-electron chi connectivity index (χ1n) is 20.0. The van der Waals surface area contributed by atoms with Crippen molar-refractivity contribution in [1.82, 2.24) is 15.3 Å². The fraction of sp³-hybridized carbons (Fsp3) is 0.163. The highest BCUT2D eigenvalue weighted by Gasteiger charge is 2.51. The second-order valence-corrected chi connectivity index (χ2v) is 19.0. The topological polar surface area (TPSA) is 168 Å². The van der Waals surface area contributed by atoms with Crippen molar-refractivity contribution >= 4 is 60.4 Å². The Morgan fingerprint density at radius 1 is 0.645 bits per heavy atom. The quantitative estimate of drug-likeness (QED) is 0.0644. The predicted octanol–water partition coefficient (Wildman–Crippen LogP) is 5.96. The molecule has 6 aromatic rings. The number of aliphatic carboxylic acids is 1. The molecule has 6 aromatic carbocycles. The number of nitrogens with zero attached hydrogens (tertiary/aromatic N) is 1. The highest BCUT2D eigenvalue weighted by atomic mass is 32.1. The van der Waals surface area contributed by atoms with Crippen LogP contribution in [0.25, 0.3) is 11.1 Å². The zero-order valence-corrected chi connectivity index (χ0v) is 35.3. The van der Waals surface area contributed by atoms with Crippen LogP contribution in [0.5, 0.6) is 0 Å². The number of hydrogen-bond acceptors (Lipinski definition) is 7. The normalized spacial score (nSPS) is 13.6. The monoisotopic (exact) mass is 864 g/mol. The molecule has 11 nitrogen and oxygen atoms in total. The number of primary amides is 1. The Hall–Kier alpha value is -6.75. The van der Waals surface area contributed by atoms with Crippen molar-refractivity contribution in [1.29, 1.82) is 0 Å². The van der Waals surface area contributed by atoms with Gasteiger partial charge in [-0.3, -0.25) is 19.2 Å². The van der Waals surface area contributed by atoms with Crippen LogP contribution >= 0.6 is 7.41 Å². The van der Waals surface area contributed by atoms with E-state index in [9.17, 15) is 24.3 Å². The number of amides is 4. The summed E-state index contributed by atoms with van der Waals surface area (Å²) in [6, 6.07) is 46.9. The first-order valence-corrected chi connectivity index (χ1v) is 22.5. The van der Waals surface area contributed by atoms with Gasteiger partial charge in [-0.05, 0) is 75.3 Å². The maximum atomic E-state index is 15.3. The Morgan fingerprint density at radius 3 is 1.65 bits per heavy atom. The summed E-state index contributed by atoms with van der Waals surface area (Å²) in [6.45, 7) is -0.728. The van der Waals surface area contributed by atoms with Crippen LogP contribution in [0, 0.1) is 0 Å². The standard InChI is InChI=1S/C49H45N4O7PS/c50-46(56)35-24-26-37(27-25-35)61(32-62,36-18-8-3-9-19-36)53(30-45(54)55)48(58)44(29-34-16-6-2-7-17-34)51-47(57)43(28-33-14-4-1-5-15-33)52-49(59)60-31-42-40-22-12-10-20-38(40)39-21-11-13-23-41(39)42/h1-27,42-44H,28-32H2,(H5-,50,51,52,54,55,56,57,59,62)/t43-,44-,61?/m0/s1. The number of alkyl carbamates (subject to hydrolysis) is 1. The van der Waals surface area contributed by atoms with Crippen LogP contribution < -0.4 is 27.0 Å². The maximum absolute atomic E-state index is 15.3. The lowest BCUT2D eigenvalue weighted by atomic mass is 9.98. The number of nitrogens with one attached hydrogen (secondary N) is 2. The molecule has 0 saturated heterocycles. The van der Waals surface area contributed by atoms with E-state index in [1.54, 1.807) is 66.7 Å². The Labute approximate surface area is 366 Å². The lowest BCUT2D eigenvalue weighted by Crippen LogP contribution is -2.57. The van der Waals surface area contributed by atoms with E-state index >= 15 is 4.79 Å². The summed E-state index contributed by atoms with van der Waals surface area (Å²) < 4.78 is 7.15. The van der Waals surface area contributed by atoms with Crippen LogP contribution in [-0.2, 0) is 44.6 Å². The fourth-order valence-electron chi connectivity index (χ4n) is 8.03. The summed E-state index contributed by atoms with van der Waals surface area (Å²) in [5, 5.41) is 17.3. The third-order valence-electron chi connectivity index (χ3n) is 11.0. The van der Waals surface area contributed by atoms with E-state index in [-0.39, 0.29) is 36.4 Å². The molecule has 0 heterocycles. The molecule has 3 atom stereocenters. The molecule has 314 valence electrons. The first kappa shape index (κ1) is 43.3. The molecule has 13 heteroatoms. The van der Waals surface area contributed by atoms with Gasteiger partial charge in [-0.25, -0.2) is 4.79 Å². The van der Waals surface area contributed by atoms with Gasteiger partial charge in [-0.1, -0.05) is 127 Å². The molecule has 4 amide bonds. The zero-order valence-electron chi connectivity index (χ0n) is 33.6. The maximum Gasteiger partial charge on any atom is 0.407 e. The summed E-state index contributed by atoms with van der Waals surface area (Å²) in [7, 11) is -3.30. The van der Waals surface area contributed by atoms with Crippen LogP contribution in [0.1, 0.15) is 38.5 Å². The lowest BCUT2D eigenvalue weighted by Gasteiger charge is -2.40. The minimum Gasteiger partial charge on any atom is -0.749 e. The largest absolute Gasteiger partial charge is 0.749 e. The number of carboxylic acids is 1. The second-order valence-electron chi connectivity index (χ2n) is 14.9. The van der Waals surface area contributed by atoms with E-state index in [2.05, 4.69) is 10.6 Å². The van der Waals surface area contributed by atoms with Gasteiger partial charge in [0, 0.05) is 24.3 Å². The predicted molar refractivity (Wildman–Crippen MR) is 243 cm³/mol. The molecular weight excluding hydrogens is 820 g/mol. The smallest absolute Gasteiger partial charge is 0.407 e. The van der Waals surface area contributed by atoms with Gasteiger partial charge >= 0.3 is 12.1 Å². The van der Waals surface area contributed by atoms with Gasteiger partial charge in [0.15, 0.2) is 14.0 Å². The van der Waals surface area contributed by atoms with Crippen LogP contribution in [0.4, 0.5) is 4.79 Å². The molecule has 62 heavy (non-hydrogen) atoms. The van der Waals surface area contributed by atoms with Crippen molar-refractivity contribution in [2.24, 2.45) is 5.73 Å². The molecule has 0 aromatic heterocycles. The number of carbonyl (C=O) groups is 5. The van der Waals surface area contributed by atoms with Crippen LogP contribution in [-0.4, -0.2) is 70.3 Å². The molecular formula is C49H45N4O7PS. The van der Waals surface area contributed by atoms with Crippen molar-refractivity contribution in [2.45, 2.75) is 30.8 Å². The summed E-state index contributed by atoms with van der Waals surface area (Å²) in [5.74, 6) is -3.53. The molecule has 0 aliphatic heterocycles. The van der Waals surface area contributed by atoms with E-state index in [1.165, 1.54) is 16.8 Å². The van der Waals surface area contributed by atoms with Gasteiger partial charge in [0.2, 0.25) is 11.8 Å².